The lowest BCUT2D eigenvalue weighted by Crippen LogP contribution is -2.44. The number of rotatable bonds is 4. The maximum absolute atomic E-state index is 2.33. The molecule has 0 spiro atoms. The summed E-state index contributed by atoms with van der Waals surface area (Å²) in [5, 5.41) is 0. The van der Waals surface area contributed by atoms with Gasteiger partial charge in [0.05, 0.1) is 0 Å². The van der Waals surface area contributed by atoms with Gasteiger partial charge in [-0.15, -0.1) is 0 Å². The second-order valence-electron chi connectivity index (χ2n) is 6.59. The molecule has 4 aliphatic rings. The Morgan fingerprint density at radius 2 is 1.40 bits per heavy atom. The monoisotopic (exact) mass is 206 g/mol. The van der Waals surface area contributed by atoms with Crippen LogP contribution in [0.2, 0.25) is 0 Å². The number of unbranched alkanes of at least 4 members (excludes halogenated alkanes) is 2. The molecule has 0 heterocycles. The van der Waals surface area contributed by atoms with Crippen LogP contribution in [0.1, 0.15) is 64.7 Å². The van der Waals surface area contributed by atoms with Gasteiger partial charge in [-0.2, -0.15) is 0 Å². The second-order valence-corrected chi connectivity index (χ2v) is 6.59. The molecule has 0 nitrogen and oxygen atoms in total. The van der Waals surface area contributed by atoms with Gasteiger partial charge >= 0.3 is 0 Å². The standard InChI is InChI=1S/C15H26/c1-2-3-4-5-15-13-7-11-6-12(9-13)10-14(15)8-11/h11-15H,2-10H2,1H3. The molecule has 0 aromatic rings. The van der Waals surface area contributed by atoms with E-state index in [2.05, 4.69) is 6.92 Å². The summed E-state index contributed by atoms with van der Waals surface area (Å²) in [5.41, 5.74) is 0. The molecular weight excluding hydrogens is 180 g/mol. The normalized spacial score (nSPS) is 47.4. The molecule has 0 heteroatoms. The summed E-state index contributed by atoms with van der Waals surface area (Å²) in [6, 6.07) is 0. The average molecular weight is 206 g/mol. The van der Waals surface area contributed by atoms with Crippen molar-refractivity contribution >= 4 is 0 Å². The van der Waals surface area contributed by atoms with Crippen LogP contribution in [-0.2, 0) is 0 Å². The first-order valence-corrected chi connectivity index (χ1v) is 7.36. The average Bonchev–Trinajstić information content (AvgIpc) is 2.21. The van der Waals surface area contributed by atoms with Gasteiger partial charge in [-0.05, 0) is 68.1 Å². The van der Waals surface area contributed by atoms with Crippen molar-refractivity contribution in [2.24, 2.45) is 29.6 Å². The molecule has 0 aliphatic heterocycles. The molecule has 0 saturated heterocycles. The molecule has 0 atom stereocenters. The van der Waals surface area contributed by atoms with Crippen molar-refractivity contribution < 1.29 is 0 Å². The minimum atomic E-state index is 1.16. The van der Waals surface area contributed by atoms with E-state index < -0.39 is 0 Å². The second kappa shape index (κ2) is 4.11. The summed E-state index contributed by atoms with van der Waals surface area (Å²) in [6.07, 6.45) is 14.0. The molecule has 4 bridgehead atoms. The van der Waals surface area contributed by atoms with E-state index in [1.54, 1.807) is 38.5 Å². The van der Waals surface area contributed by atoms with Crippen LogP contribution in [0.3, 0.4) is 0 Å². The van der Waals surface area contributed by atoms with E-state index >= 15 is 0 Å². The van der Waals surface area contributed by atoms with Crippen LogP contribution in [0.15, 0.2) is 0 Å². The van der Waals surface area contributed by atoms with E-state index in [0.717, 1.165) is 29.6 Å². The fourth-order valence-electron chi connectivity index (χ4n) is 5.14. The van der Waals surface area contributed by atoms with E-state index in [1.165, 1.54) is 19.3 Å². The van der Waals surface area contributed by atoms with Crippen molar-refractivity contribution in [3.8, 4) is 0 Å². The zero-order valence-electron chi connectivity index (χ0n) is 10.3. The van der Waals surface area contributed by atoms with Crippen molar-refractivity contribution in [3.63, 3.8) is 0 Å². The first-order chi connectivity index (χ1) is 7.36. The third-order valence-corrected chi connectivity index (χ3v) is 5.56. The van der Waals surface area contributed by atoms with Gasteiger partial charge in [-0.3, -0.25) is 0 Å². The predicted octanol–water partition coefficient (Wildman–Crippen LogP) is 4.64. The summed E-state index contributed by atoms with van der Waals surface area (Å²) in [7, 11) is 0. The van der Waals surface area contributed by atoms with Crippen molar-refractivity contribution in [1.82, 2.24) is 0 Å². The quantitative estimate of drug-likeness (QED) is 0.588. The Hall–Kier alpha value is 0. The highest BCUT2D eigenvalue weighted by molar-refractivity contribution is 4.97. The number of hydrogen-bond donors (Lipinski definition) is 0. The van der Waals surface area contributed by atoms with Gasteiger partial charge in [0.1, 0.15) is 0 Å². The van der Waals surface area contributed by atoms with E-state index in [-0.39, 0.29) is 0 Å². The van der Waals surface area contributed by atoms with Crippen LogP contribution < -0.4 is 0 Å². The molecule has 0 radical (unpaired) electrons. The Morgan fingerprint density at radius 1 is 0.800 bits per heavy atom. The highest BCUT2D eigenvalue weighted by Crippen LogP contribution is 2.57. The van der Waals surface area contributed by atoms with Crippen LogP contribution in [-0.4, -0.2) is 0 Å². The molecule has 0 aromatic carbocycles. The lowest BCUT2D eigenvalue weighted by atomic mass is 9.51. The van der Waals surface area contributed by atoms with Crippen LogP contribution in [0.4, 0.5) is 0 Å². The van der Waals surface area contributed by atoms with Crippen LogP contribution in [0.5, 0.6) is 0 Å². The van der Waals surface area contributed by atoms with Gasteiger partial charge in [-0.1, -0.05) is 26.2 Å². The Morgan fingerprint density at radius 3 is 1.93 bits per heavy atom. The molecule has 4 saturated carbocycles. The summed E-state index contributed by atoms with van der Waals surface area (Å²) >= 11 is 0. The largest absolute Gasteiger partial charge is 0.0654 e. The third-order valence-electron chi connectivity index (χ3n) is 5.56. The van der Waals surface area contributed by atoms with Crippen LogP contribution in [0.25, 0.3) is 0 Å². The maximum Gasteiger partial charge on any atom is -0.0357 e. The molecule has 0 amide bonds. The molecule has 15 heavy (non-hydrogen) atoms. The maximum atomic E-state index is 2.33. The molecule has 4 fully saturated rings. The summed E-state index contributed by atoms with van der Waals surface area (Å²) < 4.78 is 0. The fraction of sp³-hybridized carbons (Fsp3) is 1.00. The summed E-state index contributed by atoms with van der Waals surface area (Å²) in [5.74, 6) is 5.81. The molecule has 4 rings (SSSR count). The van der Waals surface area contributed by atoms with Crippen LogP contribution >= 0.6 is 0 Å². The SMILES string of the molecule is CCCCCC1C2CC3CC(C2)CC1C3. The van der Waals surface area contributed by atoms with E-state index in [4.69, 9.17) is 0 Å². The van der Waals surface area contributed by atoms with Crippen molar-refractivity contribution in [1.29, 1.82) is 0 Å². The minimum absolute atomic E-state index is 1.16. The van der Waals surface area contributed by atoms with Crippen molar-refractivity contribution in [2.75, 3.05) is 0 Å². The predicted molar refractivity (Wildman–Crippen MR) is 64.7 cm³/mol. The van der Waals surface area contributed by atoms with Gasteiger partial charge in [0.15, 0.2) is 0 Å². The van der Waals surface area contributed by atoms with E-state index in [0.29, 0.717) is 0 Å². The Kier molecular flexibility index (Phi) is 2.79. The molecule has 0 aromatic heterocycles. The van der Waals surface area contributed by atoms with Crippen molar-refractivity contribution in [3.05, 3.63) is 0 Å². The minimum Gasteiger partial charge on any atom is -0.0654 e. The molecule has 0 N–H and O–H groups in total. The fourth-order valence-corrected chi connectivity index (χ4v) is 5.14. The smallest absolute Gasteiger partial charge is 0.0357 e. The zero-order valence-corrected chi connectivity index (χ0v) is 10.3. The van der Waals surface area contributed by atoms with Gasteiger partial charge < -0.3 is 0 Å². The van der Waals surface area contributed by atoms with Gasteiger partial charge in [0.2, 0.25) is 0 Å². The van der Waals surface area contributed by atoms with Gasteiger partial charge in [0, 0.05) is 0 Å². The van der Waals surface area contributed by atoms with Gasteiger partial charge in [-0.25, -0.2) is 0 Å². The third kappa shape index (κ3) is 1.85. The molecule has 0 unspecified atom stereocenters. The first kappa shape index (κ1) is 10.2. The van der Waals surface area contributed by atoms with Crippen LogP contribution in [0, 0.1) is 29.6 Å². The molecule has 86 valence electrons. The summed E-state index contributed by atoms with van der Waals surface area (Å²) in [6.45, 7) is 2.33. The number of hydrogen-bond acceptors (Lipinski definition) is 0. The Bertz CT molecular complexity index is 190. The molecular formula is C15H26. The lowest BCUT2D eigenvalue weighted by Gasteiger charge is -2.54. The first-order valence-electron chi connectivity index (χ1n) is 7.36. The highest BCUT2D eigenvalue weighted by Gasteiger charge is 2.47. The van der Waals surface area contributed by atoms with Gasteiger partial charge in [0.25, 0.3) is 0 Å². The van der Waals surface area contributed by atoms with Crippen molar-refractivity contribution in [2.45, 2.75) is 64.7 Å². The molecule has 4 aliphatic carbocycles. The zero-order chi connectivity index (χ0) is 10.3. The van der Waals surface area contributed by atoms with E-state index in [9.17, 15) is 0 Å². The lowest BCUT2D eigenvalue weighted by molar-refractivity contribution is -0.0404. The highest BCUT2D eigenvalue weighted by atomic mass is 14.5. The van der Waals surface area contributed by atoms with E-state index in [1.807, 2.05) is 0 Å². The summed E-state index contributed by atoms with van der Waals surface area (Å²) in [4.78, 5) is 0. The Labute approximate surface area is 94.8 Å². The topological polar surface area (TPSA) is 0 Å². The Balaban J connectivity index is 1.60.